The minimum absolute atomic E-state index is 0.0831. The molecule has 1 fully saturated rings. The number of nitrogens with one attached hydrogen (secondary N) is 2. The van der Waals surface area contributed by atoms with Crippen LogP contribution in [0.5, 0.6) is 5.75 Å². The smallest absolute Gasteiger partial charge is 0.258 e. The third-order valence-electron chi connectivity index (χ3n) is 3.75. The zero-order chi connectivity index (χ0) is 17.5. The molecule has 1 atom stereocenters. The number of carbonyl (C=O) groups is 2. The van der Waals surface area contributed by atoms with Crippen LogP contribution in [-0.2, 0) is 14.3 Å². The Hall–Kier alpha value is -1.79. The van der Waals surface area contributed by atoms with Gasteiger partial charge in [-0.3, -0.25) is 9.59 Å². The first-order valence-corrected chi connectivity index (χ1v) is 8.40. The zero-order valence-electron chi connectivity index (χ0n) is 14.0. The van der Waals surface area contributed by atoms with Gasteiger partial charge in [0.25, 0.3) is 5.91 Å². The summed E-state index contributed by atoms with van der Waals surface area (Å²) >= 11 is 6.09. The highest BCUT2D eigenvalue weighted by Gasteiger charge is 2.22. The van der Waals surface area contributed by atoms with Gasteiger partial charge in [-0.1, -0.05) is 11.6 Å². The van der Waals surface area contributed by atoms with E-state index in [9.17, 15) is 9.59 Å². The number of ether oxygens (including phenoxy) is 2. The SMILES string of the molecule is Cc1cc(OCC(=O)NCCNC(=O)C2CCCO2)cc(C)c1Cl. The summed E-state index contributed by atoms with van der Waals surface area (Å²) in [6, 6.07) is 3.59. The molecule has 7 heteroatoms. The van der Waals surface area contributed by atoms with Crippen molar-refractivity contribution in [3.8, 4) is 5.75 Å². The van der Waals surface area contributed by atoms with Gasteiger partial charge in [0.15, 0.2) is 6.61 Å². The number of halogens is 1. The van der Waals surface area contributed by atoms with Crippen LogP contribution in [0.1, 0.15) is 24.0 Å². The van der Waals surface area contributed by atoms with Gasteiger partial charge in [0.2, 0.25) is 5.91 Å². The van der Waals surface area contributed by atoms with E-state index < -0.39 is 0 Å². The number of hydrogen-bond donors (Lipinski definition) is 2. The third kappa shape index (κ3) is 5.39. The van der Waals surface area contributed by atoms with Crippen LogP contribution in [0.3, 0.4) is 0 Å². The Morgan fingerprint density at radius 2 is 1.92 bits per heavy atom. The van der Waals surface area contributed by atoms with Crippen LogP contribution < -0.4 is 15.4 Å². The maximum absolute atomic E-state index is 11.8. The molecule has 1 aromatic carbocycles. The van der Waals surface area contributed by atoms with Crippen molar-refractivity contribution in [1.29, 1.82) is 0 Å². The summed E-state index contributed by atoms with van der Waals surface area (Å²) in [4.78, 5) is 23.5. The topological polar surface area (TPSA) is 76.7 Å². The first kappa shape index (κ1) is 18.5. The predicted molar refractivity (Wildman–Crippen MR) is 91.4 cm³/mol. The van der Waals surface area contributed by atoms with Gasteiger partial charge in [-0.15, -0.1) is 0 Å². The molecule has 0 bridgehead atoms. The van der Waals surface area contributed by atoms with Crippen molar-refractivity contribution in [2.45, 2.75) is 32.8 Å². The molecule has 6 nitrogen and oxygen atoms in total. The van der Waals surface area contributed by atoms with E-state index in [1.807, 2.05) is 13.8 Å². The second-order valence-electron chi connectivity index (χ2n) is 5.80. The fraction of sp³-hybridized carbons (Fsp3) is 0.529. The molecule has 1 aromatic rings. The molecule has 1 saturated heterocycles. The Labute approximate surface area is 146 Å². The molecule has 0 aromatic heterocycles. The summed E-state index contributed by atoms with van der Waals surface area (Å²) in [6.45, 7) is 5.04. The van der Waals surface area contributed by atoms with Crippen LogP contribution in [0, 0.1) is 13.8 Å². The first-order chi connectivity index (χ1) is 11.5. The molecule has 0 saturated carbocycles. The Morgan fingerprint density at radius 1 is 1.25 bits per heavy atom. The van der Waals surface area contributed by atoms with Gasteiger partial charge >= 0.3 is 0 Å². The molecule has 2 rings (SSSR count). The van der Waals surface area contributed by atoms with Gasteiger partial charge in [-0.25, -0.2) is 0 Å². The number of hydrogen-bond acceptors (Lipinski definition) is 4. The predicted octanol–water partition coefficient (Wildman–Crippen LogP) is 1.75. The van der Waals surface area contributed by atoms with Gasteiger partial charge in [-0.2, -0.15) is 0 Å². The number of amides is 2. The minimum Gasteiger partial charge on any atom is -0.484 e. The minimum atomic E-state index is -0.347. The third-order valence-corrected chi connectivity index (χ3v) is 4.34. The van der Waals surface area contributed by atoms with Crippen molar-refractivity contribution in [2.75, 3.05) is 26.3 Å². The fourth-order valence-corrected chi connectivity index (χ4v) is 2.58. The van der Waals surface area contributed by atoms with Crippen molar-refractivity contribution in [3.05, 3.63) is 28.3 Å². The quantitative estimate of drug-likeness (QED) is 0.731. The fourth-order valence-electron chi connectivity index (χ4n) is 2.48. The van der Waals surface area contributed by atoms with Crippen molar-refractivity contribution < 1.29 is 19.1 Å². The van der Waals surface area contributed by atoms with E-state index in [0.717, 1.165) is 24.0 Å². The van der Waals surface area contributed by atoms with Crippen LogP contribution >= 0.6 is 11.6 Å². The van der Waals surface area contributed by atoms with Crippen molar-refractivity contribution in [3.63, 3.8) is 0 Å². The lowest BCUT2D eigenvalue weighted by atomic mass is 10.1. The van der Waals surface area contributed by atoms with Crippen LogP contribution in [0.25, 0.3) is 0 Å². The van der Waals surface area contributed by atoms with Gasteiger partial charge in [0.1, 0.15) is 11.9 Å². The molecule has 2 amide bonds. The molecule has 1 aliphatic heterocycles. The summed E-state index contributed by atoms with van der Waals surface area (Å²) < 4.78 is 10.7. The summed E-state index contributed by atoms with van der Waals surface area (Å²) in [6.07, 6.45) is 1.32. The van der Waals surface area contributed by atoms with Crippen LogP contribution in [0.15, 0.2) is 12.1 Å². The Kier molecular flexibility index (Phi) is 6.87. The maximum atomic E-state index is 11.8. The molecule has 0 spiro atoms. The number of benzene rings is 1. The highest BCUT2D eigenvalue weighted by Crippen LogP contribution is 2.25. The number of aryl methyl sites for hydroxylation is 2. The van der Waals surface area contributed by atoms with E-state index in [4.69, 9.17) is 21.1 Å². The Balaban J connectivity index is 1.64. The number of rotatable bonds is 7. The van der Waals surface area contributed by atoms with Gasteiger partial charge in [0, 0.05) is 24.7 Å². The highest BCUT2D eigenvalue weighted by atomic mass is 35.5. The van der Waals surface area contributed by atoms with E-state index in [1.165, 1.54) is 0 Å². The lowest BCUT2D eigenvalue weighted by Crippen LogP contribution is -2.40. The molecule has 24 heavy (non-hydrogen) atoms. The molecular formula is C17H23ClN2O4. The molecule has 0 aliphatic carbocycles. The van der Waals surface area contributed by atoms with Crippen molar-refractivity contribution in [2.24, 2.45) is 0 Å². The second kappa shape index (κ2) is 8.89. The van der Waals surface area contributed by atoms with E-state index >= 15 is 0 Å². The standard InChI is InChI=1S/C17H23ClN2O4/c1-11-8-13(9-12(2)16(11)18)24-10-15(21)19-5-6-20-17(22)14-4-3-7-23-14/h8-9,14H,3-7,10H2,1-2H3,(H,19,21)(H,20,22). The van der Waals surface area contributed by atoms with Gasteiger partial charge in [0.05, 0.1) is 0 Å². The van der Waals surface area contributed by atoms with E-state index in [0.29, 0.717) is 30.5 Å². The summed E-state index contributed by atoms with van der Waals surface area (Å²) in [5.41, 5.74) is 1.81. The highest BCUT2D eigenvalue weighted by molar-refractivity contribution is 6.32. The Bertz CT molecular complexity index is 577. The van der Waals surface area contributed by atoms with Gasteiger partial charge in [-0.05, 0) is 49.9 Å². The first-order valence-electron chi connectivity index (χ1n) is 8.03. The molecule has 132 valence electrons. The summed E-state index contributed by atoms with van der Waals surface area (Å²) in [7, 11) is 0. The second-order valence-corrected chi connectivity index (χ2v) is 6.18. The van der Waals surface area contributed by atoms with Gasteiger partial charge < -0.3 is 20.1 Å². The van der Waals surface area contributed by atoms with E-state index in [2.05, 4.69) is 10.6 Å². The lowest BCUT2D eigenvalue weighted by Gasteiger charge is -2.12. The Morgan fingerprint density at radius 3 is 2.54 bits per heavy atom. The lowest BCUT2D eigenvalue weighted by molar-refractivity contribution is -0.130. The molecular weight excluding hydrogens is 332 g/mol. The molecule has 1 unspecified atom stereocenters. The van der Waals surface area contributed by atoms with Crippen molar-refractivity contribution >= 4 is 23.4 Å². The monoisotopic (exact) mass is 354 g/mol. The van der Waals surface area contributed by atoms with E-state index in [-0.39, 0.29) is 24.5 Å². The largest absolute Gasteiger partial charge is 0.484 e. The molecule has 2 N–H and O–H groups in total. The van der Waals surface area contributed by atoms with E-state index in [1.54, 1.807) is 12.1 Å². The summed E-state index contributed by atoms with van der Waals surface area (Å²) in [5.74, 6) is 0.243. The maximum Gasteiger partial charge on any atom is 0.258 e. The summed E-state index contributed by atoms with van der Waals surface area (Å²) in [5, 5.41) is 6.14. The van der Waals surface area contributed by atoms with Crippen LogP contribution in [-0.4, -0.2) is 44.2 Å². The zero-order valence-corrected chi connectivity index (χ0v) is 14.7. The average Bonchev–Trinajstić information content (AvgIpc) is 3.09. The van der Waals surface area contributed by atoms with Crippen molar-refractivity contribution in [1.82, 2.24) is 10.6 Å². The van der Waals surface area contributed by atoms with Crippen LogP contribution in [0.4, 0.5) is 0 Å². The normalized spacial score (nSPS) is 16.7. The molecule has 1 aliphatic rings. The average molecular weight is 355 g/mol. The number of carbonyl (C=O) groups excluding carboxylic acids is 2. The molecule has 1 heterocycles. The molecule has 0 radical (unpaired) electrons. The van der Waals surface area contributed by atoms with Crippen LogP contribution in [0.2, 0.25) is 5.02 Å².